The highest BCUT2D eigenvalue weighted by atomic mass is 16.5. The van der Waals surface area contributed by atoms with E-state index in [1.165, 1.54) is 5.06 Å². The molecule has 0 bridgehead atoms. The first-order valence-corrected chi connectivity index (χ1v) is 3.73. The van der Waals surface area contributed by atoms with Crippen LogP contribution in [-0.4, -0.2) is 23.4 Å². The van der Waals surface area contributed by atoms with Gasteiger partial charge in [-0.05, 0) is 12.3 Å². The van der Waals surface area contributed by atoms with E-state index in [1.807, 2.05) is 13.8 Å². The maximum atomic E-state index is 8.73. The zero-order valence-corrected chi connectivity index (χ0v) is 6.59. The van der Waals surface area contributed by atoms with Crippen LogP contribution in [0.2, 0.25) is 0 Å². The summed E-state index contributed by atoms with van der Waals surface area (Å²) in [5.41, 5.74) is 0. The van der Waals surface area contributed by atoms with E-state index in [0.717, 1.165) is 19.5 Å². The summed E-state index contributed by atoms with van der Waals surface area (Å²) in [6.45, 7) is 7.87. The van der Waals surface area contributed by atoms with Crippen LogP contribution in [-0.2, 0) is 0 Å². The number of hydroxylamine groups is 2. The summed E-state index contributed by atoms with van der Waals surface area (Å²) in [6.07, 6.45) is 1.15. The van der Waals surface area contributed by atoms with Gasteiger partial charge in [0.05, 0.1) is 0 Å². The molecule has 1 unspecified atom stereocenters. The van der Waals surface area contributed by atoms with Crippen LogP contribution in [0, 0.1) is 5.92 Å². The van der Waals surface area contributed by atoms with E-state index in [2.05, 4.69) is 6.92 Å². The molecule has 56 valence electrons. The lowest BCUT2D eigenvalue weighted by atomic mass is 10.2. The molecule has 1 fully saturated rings. The van der Waals surface area contributed by atoms with Crippen molar-refractivity contribution < 1.29 is 5.21 Å². The Balaban J connectivity index is 0.000000291. The molecule has 2 nitrogen and oxygen atoms in total. The van der Waals surface area contributed by atoms with Gasteiger partial charge < -0.3 is 5.21 Å². The molecule has 9 heavy (non-hydrogen) atoms. The van der Waals surface area contributed by atoms with Crippen LogP contribution in [0.25, 0.3) is 0 Å². The highest BCUT2D eigenvalue weighted by Gasteiger charge is 2.15. The second-order valence-electron chi connectivity index (χ2n) is 2.31. The Morgan fingerprint density at radius 2 is 2.00 bits per heavy atom. The Labute approximate surface area is 57.4 Å². The molecule has 0 aromatic heterocycles. The van der Waals surface area contributed by atoms with Crippen molar-refractivity contribution in [2.75, 3.05) is 13.1 Å². The minimum Gasteiger partial charge on any atom is -0.314 e. The summed E-state index contributed by atoms with van der Waals surface area (Å²) in [4.78, 5) is 0. The first-order chi connectivity index (χ1) is 4.29. The van der Waals surface area contributed by atoms with E-state index < -0.39 is 0 Å². The topological polar surface area (TPSA) is 23.5 Å². The van der Waals surface area contributed by atoms with Crippen LogP contribution in [0.3, 0.4) is 0 Å². The maximum absolute atomic E-state index is 8.73. The molecule has 0 aliphatic carbocycles. The van der Waals surface area contributed by atoms with Crippen LogP contribution in [0.1, 0.15) is 27.2 Å². The van der Waals surface area contributed by atoms with Crippen LogP contribution in [0.5, 0.6) is 0 Å². The minimum absolute atomic E-state index is 0.699. The second-order valence-corrected chi connectivity index (χ2v) is 2.31. The molecule has 2 heteroatoms. The fourth-order valence-corrected chi connectivity index (χ4v) is 0.912. The Kier molecular flexibility index (Phi) is 4.72. The minimum atomic E-state index is 0.699. The van der Waals surface area contributed by atoms with E-state index in [0.29, 0.717) is 5.92 Å². The van der Waals surface area contributed by atoms with Gasteiger partial charge >= 0.3 is 0 Å². The van der Waals surface area contributed by atoms with Crippen molar-refractivity contribution in [2.24, 2.45) is 5.92 Å². The summed E-state index contributed by atoms with van der Waals surface area (Å²) in [5, 5.41) is 10.1. The van der Waals surface area contributed by atoms with Crippen molar-refractivity contribution in [3.63, 3.8) is 0 Å². The predicted molar refractivity (Wildman–Crippen MR) is 38.5 cm³/mol. The summed E-state index contributed by atoms with van der Waals surface area (Å²) >= 11 is 0. The molecule has 1 aliphatic heterocycles. The lowest BCUT2D eigenvalue weighted by Crippen LogP contribution is -2.13. The second kappa shape index (κ2) is 4.77. The predicted octanol–water partition coefficient (Wildman–Crippen LogP) is 1.74. The van der Waals surface area contributed by atoms with E-state index in [9.17, 15) is 0 Å². The fourth-order valence-electron chi connectivity index (χ4n) is 0.912. The molecule has 1 saturated heterocycles. The van der Waals surface area contributed by atoms with Crippen molar-refractivity contribution in [1.82, 2.24) is 5.06 Å². The van der Waals surface area contributed by atoms with Crippen molar-refractivity contribution >= 4 is 0 Å². The van der Waals surface area contributed by atoms with E-state index in [4.69, 9.17) is 5.21 Å². The average molecular weight is 131 g/mol. The molecule has 0 spiro atoms. The molecule has 0 amide bonds. The van der Waals surface area contributed by atoms with Gasteiger partial charge in [0, 0.05) is 13.1 Å². The largest absolute Gasteiger partial charge is 0.314 e. The molecule has 1 rings (SSSR count). The van der Waals surface area contributed by atoms with Gasteiger partial charge in [-0.2, -0.15) is 5.06 Å². The molecule has 0 aromatic rings. The molecular weight excluding hydrogens is 114 g/mol. The monoisotopic (exact) mass is 131 g/mol. The third-order valence-corrected chi connectivity index (χ3v) is 1.40. The first-order valence-electron chi connectivity index (χ1n) is 3.73. The van der Waals surface area contributed by atoms with Gasteiger partial charge in [-0.3, -0.25) is 0 Å². The van der Waals surface area contributed by atoms with Gasteiger partial charge in [-0.25, -0.2) is 0 Å². The summed E-state index contributed by atoms with van der Waals surface area (Å²) < 4.78 is 0. The van der Waals surface area contributed by atoms with E-state index >= 15 is 0 Å². The quantitative estimate of drug-likeness (QED) is 0.541. The fraction of sp³-hybridized carbons (Fsp3) is 1.00. The molecular formula is C7H17NO. The summed E-state index contributed by atoms with van der Waals surface area (Å²) in [6, 6.07) is 0. The van der Waals surface area contributed by atoms with Crippen molar-refractivity contribution in [2.45, 2.75) is 27.2 Å². The molecule has 1 aliphatic rings. The lowest BCUT2D eigenvalue weighted by Gasteiger charge is -2.01. The van der Waals surface area contributed by atoms with Gasteiger partial charge in [0.1, 0.15) is 0 Å². The molecule has 1 N–H and O–H groups in total. The van der Waals surface area contributed by atoms with Gasteiger partial charge in [0.25, 0.3) is 0 Å². The van der Waals surface area contributed by atoms with E-state index in [1.54, 1.807) is 0 Å². The van der Waals surface area contributed by atoms with Gasteiger partial charge in [0.15, 0.2) is 0 Å². The third-order valence-electron chi connectivity index (χ3n) is 1.40. The third kappa shape index (κ3) is 3.49. The van der Waals surface area contributed by atoms with Crippen LogP contribution >= 0.6 is 0 Å². The van der Waals surface area contributed by atoms with Crippen molar-refractivity contribution in [3.05, 3.63) is 0 Å². The van der Waals surface area contributed by atoms with Gasteiger partial charge in [-0.15, -0.1) is 0 Å². The van der Waals surface area contributed by atoms with Crippen LogP contribution < -0.4 is 0 Å². The van der Waals surface area contributed by atoms with Crippen molar-refractivity contribution in [3.8, 4) is 0 Å². The number of rotatable bonds is 0. The number of nitrogens with zero attached hydrogens (tertiary/aromatic N) is 1. The Morgan fingerprint density at radius 3 is 2.11 bits per heavy atom. The van der Waals surface area contributed by atoms with Crippen LogP contribution in [0.15, 0.2) is 0 Å². The molecule has 1 heterocycles. The smallest absolute Gasteiger partial charge is 0.0264 e. The lowest BCUT2D eigenvalue weighted by molar-refractivity contribution is -0.0707. The van der Waals surface area contributed by atoms with E-state index in [-0.39, 0.29) is 0 Å². The normalized spacial score (nSPS) is 27.3. The van der Waals surface area contributed by atoms with Gasteiger partial charge in [-0.1, -0.05) is 20.8 Å². The molecule has 1 atom stereocenters. The Bertz CT molecular complexity index is 57.9. The summed E-state index contributed by atoms with van der Waals surface area (Å²) in [7, 11) is 0. The highest BCUT2D eigenvalue weighted by Crippen LogP contribution is 2.11. The first kappa shape index (κ1) is 8.92. The molecule has 0 aromatic carbocycles. The maximum Gasteiger partial charge on any atom is 0.0264 e. The average Bonchev–Trinajstić information content (AvgIpc) is 2.20. The van der Waals surface area contributed by atoms with Crippen molar-refractivity contribution in [1.29, 1.82) is 0 Å². The number of hydrogen-bond donors (Lipinski definition) is 1. The molecule has 0 radical (unpaired) electrons. The SMILES string of the molecule is CC.CC1CCN(O)C1. The zero-order valence-electron chi connectivity index (χ0n) is 6.59. The van der Waals surface area contributed by atoms with Crippen LogP contribution in [0.4, 0.5) is 0 Å². The Morgan fingerprint density at radius 1 is 1.44 bits per heavy atom. The zero-order chi connectivity index (χ0) is 7.28. The number of hydrogen-bond acceptors (Lipinski definition) is 2. The highest BCUT2D eigenvalue weighted by molar-refractivity contribution is 4.64. The summed E-state index contributed by atoms with van der Waals surface area (Å²) in [5.74, 6) is 0.699. The van der Waals surface area contributed by atoms with Gasteiger partial charge in [0.2, 0.25) is 0 Å². The Hall–Kier alpha value is -0.0800. The standard InChI is InChI=1S/C5H11NO.C2H6/c1-5-2-3-6(7)4-5;1-2/h5,7H,2-4H2,1H3;1-2H3. The molecule has 0 saturated carbocycles.